The van der Waals surface area contributed by atoms with E-state index in [1.165, 1.54) is 12.1 Å². The molecule has 1 aliphatic heterocycles. The second-order valence-corrected chi connectivity index (χ2v) is 11.5. The summed E-state index contributed by atoms with van der Waals surface area (Å²) in [4.78, 5) is 17.9. The molecule has 0 radical (unpaired) electrons. The van der Waals surface area contributed by atoms with Crippen LogP contribution in [-0.4, -0.2) is 50.4 Å². The van der Waals surface area contributed by atoms with E-state index < -0.39 is 11.7 Å². The van der Waals surface area contributed by atoms with E-state index in [2.05, 4.69) is 41.2 Å². The molecule has 1 aliphatic rings. The minimum absolute atomic E-state index is 0.156. The molecule has 5 rings (SSSR count). The number of anilines is 2. The number of hydrogen-bond acceptors (Lipinski definition) is 5. The molecular weight excluding hydrogens is 591 g/mol. The van der Waals surface area contributed by atoms with E-state index in [9.17, 15) is 18.0 Å². The Bertz CT molecular complexity index is 1540. The third kappa shape index (κ3) is 8.34. The lowest BCUT2D eigenvalue weighted by atomic mass is 9.98. The van der Waals surface area contributed by atoms with Crippen LogP contribution in [0.15, 0.2) is 103 Å². The number of likely N-dealkylation sites (tertiary alicyclic amines) is 1. The maximum absolute atomic E-state index is 13.3. The summed E-state index contributed by atoms with van der Waals surface area (Å²) in [7, 11) is 2.10. The van der Waals surface area contributed by atoms with Crippen LogP contribution in [0.3, 0.4) is 0 Å². The lowest BCUT2D eigenvalue weighted by Gasteiger charge is -2.41. The highest BCUT2D eigenvalue weighted by Crippen LogP contribution is 2.33. The molecule has 0 bridgehead atoms. The Kier molecular flexibility index (Phi) is 11.1. The van der Waals surface area contributed by atoms with E-state index in [-0.39, 0.29) is 18.9 Å². The highest BCUT2D eigenvalue weighted by atomic mass is 19.4. The second-order valence-electron chi connectivity index (χ2n) is 11.5. The predicted octanol–water partition coefficient (Wildman–Crippen LogP) is 8.62. The summed E-state index contributed by atoms with van der Waals surface area (Å²) in [5.74, 6) is -0.334. The summed E-state index contributed by atoms with van der Waals surface area (Å²) in [6.45, 7) is 4.78. The van der Waals surface area contributed by atoms with Gasteiger partial charge in [-0.25, -0.2) is 0 Å². The Morgan fingerprint density at radius 2 is 1.57 bits per heavy atom. The molecule has 1 saturated heterocycles. The highest BCUT2D eigenvalue weighted by Gasteiger charge is 2.31. The predicted molar refractivity (Wildman–Crippen MR) is 176 cm³/mol. The molecule has 0 spiro atoms. The zero-order chi connectivity index (χ0) is 32.5. The number of piperidine rings is 1. The molecule has 1 heterocycles. The van der Waals surface area contributed by atoms with Gasteiger partial charge in [0.15, 0.2) is 0 Å². The van der Waals surface area contributed by atoms with Crippen molar-refractivity contribution in [2.75, 3.05) is 43.8 Å². The van der Waals surface area contributed by atoms with Gasteiger partial charge in [-0.1, -0.05) is 67.6 Å². The maximum atomic E-state index is 13.3. The van der Waals surface area contributed by atoms with E-state index >= 15 is 0 Å². The first-order chi connectivity index (χ1) is 22.2. The first-order valence-electron chi connectivity index (χ1n) is 15.6. The van der Waals surface area contributed by atoms with Crippen molar-refractivity contribution >= 4 is 17.3 Å². The van der Waals surface area contributed by atoms with Crippen molar-refractivity contribution in [1.29, 1.82) is 0 Å². The molecule has 0 aliphatic carbocycles. The van der Waals surface area contributed by atoms with E-state index in [1.807, 2.05) is 42.5 Å². The van der Waals surface area contributed by atoms with Gasteiger partial charge in [0.05, 0.1) is 5.56 Å². The number of carbonyl (C=O) groups is 1. The Labute approximate surface area is 268 Å². The molecule has 1 unspecified atom stereocenters. The molecule has 242 valence electrons. The molecular formula is C37H40F3N3O3. The van der Waals surface area contributed by atoms with Gasteiger partial charge in [0.1, 0.15) is 13.0 Å². The molecule has 4 aromatic rings. The number of halogens is 3. The van der Waals surface area contributed by atoms with Crippen LogP contribution < -0.4 is 10.2 Å². The number of hydrogen-bond donors (Lipinski definition) is 1. The lowest BCUT2D eigenvalue weighted by molar-refractivity contribution is -0.149. The fourth-order valence-electron chi connectivity index (χ4n) is 5.81. The second kappa shape index (κ2) is 15.4. The van der Waals surface area contributed by atoms with Crippen LogP contribution in [0.2, 0.25) is 0 Å². The minimum atomic E-state index is -4.42. The first kappa shape index (κ1) is 33.2. The molecule has 1 atom stereocenters. The van der Waals surface area contributed by atoms with Gasteiger partial charge in [-0.15, -0.1) is 0 Å². The van der Waals surface area contributed by atoms with Crippen LogP contribution in [-0.2, 0) is 15.7 Å². The third-order valence-corrected chi connectivity index (χ3v) is 8.35. The van der Waals surface area contributed by atoms with Gasteiger partial charge < -0.3 is 19.7 Å². The van der Waals surface area contributed by atoms with Crippen molar-refractivity contribution in [1.82, 2.24) is 4.90 Å². The SMILES string of the molecule is CCCOCOC(c1ccccc1)N1CCC(N(C)c2ccc(NC(=O)c3ccccc3-c3ccc(C(F)(F)F)cc3)cc2)CC1. The maximum Gasteiger partial charge on any atom is 0.416 e. The molecule has 1 N–H and O–H groups in total. The van der Waals surface area contributed by atoms with Crippen LogP contribution >= 0.6 is 0 Å². The number of rotatable bonds is 12. The Hall–Kier alpha value is -4.18. The summed E-state index contributed by atoms with van der Waals surface area (Å²) in [5.41, 5.74) is 3.54. The van der Waals surface area contributed by atoms with Crippen molar-refractivity contribution in [2.24, 2.45) is 0 Å². The number of nitrogens with one attached hydrogen (secondary N) is 1. The van der Waals surface area contributed by atoms with Gasteiger partial charge in [-0.3, -0.25) is 9.69 Å². The molecule has 4 aromatic carbocycles. The van der Waals surface area contributed by atoms with Crippen molar-refractivity contribution in [2.45, 2.75) is 44.6 Å². The van der Waals surface area contributed by atoms with E-state index in [0.29, 0.717) is 35.0 Å². The Morgan fingerprint density at radius 3 is 2.22 bits per heavy atom. The number of amides is 1. The van der Waals surface area contributed by atoms with Gasteiger partial charge in [0, 0.05) is 49.7 Å². The average molecular weight is 632 g/mol. The molecule has 6 nitrogen and oxygen atoms in total. The summed E-state index contributed by atoms with van der Waals surface area (Å²) in [6, 6.07) is 30.1. The third-order valence-electron chi connectivity index (χ3n) is 8.35. The Morgan fingerprint density at radius 1 is 0.913 bits per heavy atom. The zero-order valence-electron chi connectivity index (χ0n) is 26.2. The highest BCUT2D eigenvalue weighted by molar-refractivity contribution is 6.08. The van der Waals surface area contributed by atoms with Crippen molar-refractivity contribution in [3.63, 3.8) is 0 Å². The number of ether oxygens (including phenoxy) is 2. The van der Waals surface area contributed by atoms with Gasteiger partial charge in [-0.2, -0.15) is 13.2 Å². The summed E-state index contributed by atoms with van der Waals surface area (Å²) in [5, 5.41) is 2.94. The quantitative estimate of drug-likeness (QED) is 0.125. The van der Waals surface area contributed by atoms with Crippen molar-refractivity contribution in [3.05, 3.63) is 120 Å². The molecule has 0 saturated carbocycles. The number of nitrogens with zero attached hydrogens (tertiary/aromatic N) is 2. The standard InChI is InChI=1S/C37H40F3N3O3/c1-3-25-45-26-46-36(28-9-5-4-6-10-28)43-23-21-32(22-24-43)42(2)31-19-17-30(18-20-31)41-35(44)34-12-8-7-11-33(34)27-13-15-29(16-14-27)37(38,39)40/h4-20,32,36H,3,21-26H2,1-2H3,(H,41,44). The minimum Gasteiger partial charge on any atom is -0.372 e. The molecule has 1 amide bonds. The summed E-state index contributed by atoms with van der Waals surface area (Å²) >= 11 is 0. The van der Waals surface area contributed by atoms with E-state index in [0.717, 1.165) is 55.7 Å². The van der Waals surface area contributed by atoms with Crippen LogP contribution in [0.1, 0.15) is 53.9 Å². The number of benzene rings is 4. The molecule has 0 aromatic heterocycles. The largest absolute Gasteiger partial charge is 0.416 e. The van der Waals surface area contributed by atoms with Crippen molar-refractivity contribution < 1.29 is 27.4 Å². The monoisotopic (exact) mass is 631 g/mol. The van der Waals surface area contributed by atoms with Crippen molar-refractivity contribution in [3.8, 4) is 11.1 Å². The van der Waals surface area contributed by atoms with E-state index in [4.69, 9.17) is 9.47 Å². The van der Waals surface area contributed by atoms with Crippen LogP contribution in [0.25, 0.3) is 11.1 Å². The Balaban J connectivity index is 1.19. The summed E-state index contributed by atoms with van der Waals surface area (Å²) < 4.78 is 50.9. The van der Waals surface area contributed by atoms with Crippen LogP contribution in [0, 0.1) is 0 Å². The normalized spacial score (nSPS) is 15.0. The molecule has 46 heavy (non-hydrogen) atoms. The van der Waals surface area contributed by atoms with Gasteiger partial charge in [0.25, 0.3) is 5.91 Å². The van der Waals surface area contributed by atoms with Gasteiger partial charge in [0.2, 0.25) is 0 Å². The first-order valence-corrected chi connectivity index (χ1v) is 15.6. The topological polar surface area (TPSA) is 54.0 Å². The van der Waals surface area contributed by atoms with Crippen LogP contribution in [0.5, 0.6) is 0 Å². The molecule has 1 fully saturated rings. The number of alkyl halides is 3. The van der Waals surface area contributed by atoms with Crippen LogP contribution in [0.4, 0.5) is 24.5 Å². The average Bonchev–Trinajstić information content (AvgIpc) is 3.08. The smallest absolute Gasteiger partial charge is 0.372 e. The fourth-order valence-corrected chi connectivity index (χ4v) is 5.81. The number of carbonyl (C=O) groups excluding carboxylic acids is 1. The van der Waals surface area contributed by atoms with Gasteiger partial charge in [-0.05, 0) is 78.4 Å². The van der Waals surface area contributed by atoms with E-state index in [1.54, 1.807) is 24.3 Å². The van der Waals surface area contributed by atoms with Gasteiger partial charge >= 0.3 is 6.18 Å². The lowest BCUT2D eigenvalue weighted by Crippen LogP contribution is -2.45. The fraction of sp³-hybridized carbons (Fsp3) is 0.324. The summed E-state index contributed by atoms with van der Waals surface area (Å²) in [6.07, 6.45) is -1.69. The molecule has 9 heteroatoms. The zero-order valence-corrected chi connectivity index (χ0v) is 26.2.